The molecule has 4 heteroatoms. The van der Waals surface area contributed by atoms with Crippen LogP contribution in [0.25, 0.3) is 0 Å². The predicted molar refractivity (Wildman–Crippen MR) is 72.5 cm³/mol. The molecule has 0 bridgehead atoms. The third kappa shape index (κ3) is 1.98. The minimum Gasteiger partial charge on any atom is -0.469 e. The van der Waals surface area contributed by atoms with E-state index < -0.39 is 0 Å². The van der Waals surface area contributed by atoms with Crippen LogP contribution in [0.2, 0.25) is 0 Å². The van der Waals surface area contributed by atoms with E-state index in [9.17, 15) is 4.79 Å². The van der Waals surface area contributed by atoms with Gasteiger partial charge in [0.2, 0.25) is 0 Å². The van der Waals surface area contributed by atoms with E-state index in [0.29, 0.717) is 5.92 Å². The van der Waals surface area contributed by atoms with Crippen LogP contribution in [0, 0.1) is 11.3 Å². The Hall–Kier alpha value is -1.29. The second-order valence-corrected chi connectivity index (χ2v) is 6.02. The summed E-state index contributed by atoms with van der Waals surface area (Å²) in [5, 5.41) is 0. The molecule has 1 saturated carbocycles. The van der Waals surface area contributed by atoms with E-state index in [1.54, 1.807) is 0 Å². The molecule has 1 aromatic heterocycles. The minimum atomic E-state index is -0.222. The standard InChI is InChI=1S/C15H22N2O2/c1-16-8-4-6-13(16)10-17-9-12-5-3-7-15(12,11-17)14(18)19-2/h4,6,8,12H,3,5,7,9-11H2,1-2H3/t12-,15+/m1/s1. The third-order valence-corrected chi connectivity index (χ3v) is 4.97. The molecule has 2 aliphatic rings. The highest BCUT2D eigenvalue weighted by molar-refractivity contribution is 5.78. The molecule has 19 heavy (non-hydrogen) atoms. The van der Waals surface area contributed by atoms with Crippen LogP contribution in [0.4, 0.5) is 0 Å². The van der Waals surface area contributed by atoms with E-state index in [-0.39, 0.29) is 11.4 Å². The molecule has 104 valence electrons. The van der Waals surface area contributed by atoms with Crippen molar-refractivity contribution < 1.29 is 9.53 Å². The molecular weight excluding hydrogens is 240 g/mol. The first-order chi connectivity index (χ1) is 9.15. The second kappa shape index (κ2) is 4.67. The summed E-state index contributed by atoms with van der Waals surface area (Å²) in [6, 6.07) is 4.22. The minimum absolute atomic E-state index is 0.00406. The molecule has 2 atom stereocenters. The van der Waals surface area contributed by atoms with Crippen LogP contribution >= 0.6 is 0 Å². The van der Waals surface area contributed by atoms with Crippen molar-refractivity contribution >= 4 is 5.97 Å². The normalized spacial score (nSPS) is 30.5. The second-order valence-electron chi connectivity index (χ2n) is 6.02. The highest BCUT2D eigenvalue weighted by atomic mass is 16.5. The molecule has 3 rings (SSSR count). The van der Waals surface area contributed by atoms with E-state index in [4.69, 9.17) is 4.74 Å². The molecule has 1 aliphatic carbocycles. The molecule has 1 aliphatic heterocycles. The van der Waals surface area contributed by atoms with Gasteiger partial charge in [0.15, 0.2) is 0 Å². The molecular formula is C15H22N2O2. The zero-order valence-electron chi connectivity index (χ0n) is 11.8. The van der Waals surface area contributed by atoms with Crippen molar-refractivity contribution in [3.63, 3.8) is 0 Å². The molecule has 0 unspecified atom stereocenters. The van der Waals surface area contributed by atoms with Crippen molar-refractivity contribution in [1.82, 2.24) is 9.47 Å². The zero-order chi connectivity index (χ0) is 13.5. The van der Waals surface area contributed by atoms with Crippen molar-refractivity contribution in [1.29, 1.82) is 0 Å². The first-order valence-corrected chi connectivity index (χ1v) is 7.07. The van der Waals surface area contributed by atoms with E-state index >= 15 is 0 Å². The van der Waals surface area contributed by atoms with E-state index in [1.165, 1.54) is 19.2 Å². The summed E-state index contributed by atoms with van der Waals surface area (Å²) < 4.78 is 7.23. The van der Waals surface area contributed by atoms with Crippen LogP contribution < -0.4 is 0 Å². The van der Waals surface area contributed by atoms with Gasteiger partial charge in [0.1, 0.15) is 0 Å². The molecule has 0 amide bonds. The van der Waals surface area contributed by atoms with Crippen molar-refractivity contribution in [3.8, 4) is 0 Å². The fourth-order valence-corrected chi connectivity index (χ4v) is 3.94. The fraction of sp³-hybridized carbons (Fsp3) is 0.667. The molecule has 0 aromatic carbocycles. The summed E-state index contributed by atoms with van der Waals surface area (Å²) in [6.45, 7) is 2.81. The maximum absolute atomic E-state index is 12.2. The molecule has 4 nitrogen and oxygen atoms in total. The number of carbonyl (C=O) groups is 1. The number of aromatic nitrogens is 1. The van der Waals surface area contributed by atoms with Crippen LogP contribution in [0.3, 0.4) is 0 Å². The lowest BCUT2D eigenvalue weighted by molar-refractivity contribution is -0.153. The lowest BCUT2D eigenvalue weighted by atomic mass is 9.81. The quantitative estimate of drug-likeness (QED) is 0.779. The van der Waals surface area contributed by atoms with Gasteiger partial charge in [-0.1, -0.05) is 6.42 Å². The van der Waals surface area contributed by atoms with Gasteiger partial charge in [0.05, 0.1) is 12.5 Å². The summed E-state index contributed by atoms with van der Waals surface area (Å²) in [7, 11) is 3.59. The first-order valence-electron chi connectivity index (χ1n) is 7.07. The Morgan fingerprint density at radius 1 is 1.58 bits per heavy atom. The Kier molecular flexibility index (Phi) is 3.13. The summed E-state index contributed by atoms with van der Waals surface area (Å²) in [5.41, 5.74) is 1.08. The van der Waals surface area contributed by atoms with Gasteiger partial charge in [-0.3, -0.25) is 9.69 Å². The highest BCUT2D eigenvalue weighted by Crippen LogP contribution is 2.49. The average Bonchev–Trinajstić information content (AvgIpc) is 3.04. The summed E-state index contributed by atoms with van der Waals surface area (Å²) in [6.07, 6.45) is 5.40. The number of nitrogens with zero attached hydrogens (tertiary/aromatic N) is 2. The Balaban J connectivity index is 1.75. The fourth-order valence-electron chi connectivity index (χ4n) is 3.94. The van der Waals surface area contributed by atoms with E-state index in [0.717, 1.165) is 32.5 Å². The number of methoxy groups -OCH3 is 1. The number of hydrogen-bond donors (Lipinski definition) is 0. The molecule has 0 spiro atoms. The molecule has 2 heterocycles. The zero-order valence-corrected chi connectivity index (χ0v) is 11.8. The molecule has 2 fully saturated rings. The highest BCUT2D eigenvalue weighted by Gasteiger charge is 2.55. The van der Waals surface area contributed by atoms with Gasteiger partial charge in [0, 0.05) is 38.6 Å². The lowest BCUT2D eigenvalue weighted by Crippen LogP contribution is -2.36. The monoisotopic (exact) mass is 262 g/mol. The lowest BCUT2D eigenvalue weighted by Gasteiger charge is -2.25. The number of carbonyl (C=O) groups excluding carboxylic acids is 1. The maximum Gasteiger partial charge on any atom is 0.313 e. The Morgan fingerprint density at radius 3 is 3.11 bits per heavy atom. The van der Waals surface area contributed by atoms with Crippen molar-refractivity contribution in [2.24, 2.45) is 18.4 Å². The Morgan fingerprint density at radius 2 is 2.42 bits per heavy atom. The smallest absolute Gasteiger partial charge is 0.313 e. The predicted octanol–water partition coefficient (Wildman–Crippen LogP) is 1.80. The number of aryl methyl sites for hydroxylation is 1. The van der Waals surface area contributed by atoms with Crippen LogP contribution in [-0.4, -0.2) is 35.6 Å². The number of ether oxygens (including phenoxy) is 1. The Labute approximate surface area is 114 Å². The molecule has 1 aromatic rings. The average molecular weight is 262 g/mol. The summed E-state index contributed by atoms with van der Waals surface area (Å²) in [5.74, 6) is 0.490. The van der Waals surface area contributed by atoms with Gasteiger partial charge < -0.3 is 9.30 Å². The molecule has 0 radical (unpaired) electrons. The number of fused-ring (bicyclic) bond motifs is 1. The van der Waals surface area contributed by atoms with E-state index in [2.05, 4.69) is 34.8 Å². The van der Waals surface area contributed by atoms with Crippen LogP contribution in [0.15, 0.2) is 18.3 Å². The van der Waals surface area contributed by atoms with Crippen LogP contribution in [0.5, 0.6) is 0 Å². The van der Waals surface area contributed by atoms with Crippen LogP contribution in [0.1, 0.15) is 25.0 Å². The van der Waals surface area contributed by atoms with Crippen molar-refractivity contribution in [2.45, 2.75) is 25.8 Å². The van der Waals surface area contributed by atoms with Crippen molar-refractivity contribution in [3.05, 3.63) is 24.0 Å². The van der Waals surface area contributed by atoms with Gasteiger partial charge in [-0.15, -0.1) is 0 Å². The topological polar surface area (TPSA) is 34.5 Å². The number of hydrogen-bond acceptors (Lipinski definition) is 3. The van der Waals surface area contributed by atoms with Crippen molar-refractivity contribution in [2.75, 3.05) is 20.2 Å². The maximum atomic E-state index is 12.2. The molecule has 1 saturated heterocycles. The van der Waals surface area contributed by atoms with E-state index in [1.807, 2.05) is 0 Å². The van der Waals surface area contributed by atoms with Gasteiger partial charge in [-0.25, -0.2) is 0 Å². The summed E-state index contributed by atoms with van der Waals surface area (Å²) in [4.78, 5) is 14.6. The number of rotatable bonds is 3. The Bertz CT molecular complexity index is 482. The number of esters is 1. The van der Waals surface area contributed by atoms with Gasteiger partial charge >= 0.3 is 5.97 Å². The number of likely N-dealkylation sites (tertiary alicyclic amines) is 1. The molecule has 0 N–H and O–H groups in total. The van der Waals surface area contributed by atoms with Gasteiger partial charge in [0.25, 0.3) is 0 Å². The third-order valence-electron chi connectivity index (χ3n) is 4.97. The van der Waals surface area contributed by atoms with Gasteiger partial charge in [-0.05, 0) is 30.9 Å². The van der Waals surface area contributed by atoms with Crippen LogP contribution in [-0.2, 0) is 23.1 Å². The first kappa shape index (κ1) is 12.7. The SMILES string of the molecule is COC(=O)[C@]12CCC[C@@H]1CN(Cc1cccn1C)C2. The largest absolute Gasteiger partial charge is 0.469 e. The summed E-state index contributed by atoms with van der Waals surface area (Å²) >= 11 is 0. The van der Waals surface area contributed by atoms with Gasteiger partial charge in [-0.2, -0.15) is 0 Å².